The van der Waals surface area contributed by atoms with Gasteiger partial charge in [0.05, 0.1) is 12.1 Å². The van der Waals surface area contributed by atoms with E-state index in [0.717, 1.165) is 19.3 Å². The Morgan fingerprint density at radius 3 is 2.24 bits per heavy atom. The fourth-order valence-corrected chi connectivity index (χ4v) is 2.87. The van der Waals surface area contributed by atoms with E-state index in [9.17, 15) is 4.79 Å². The molecule has 1 aliphatic heterocycles. The van der Waals surface area contributed by atoms with Crippen LogP contribution in [0.25, 0.3) is 0 Å². The van der Waals surface area contributed by atoms with Gasteiger partial charge in [-0.1, -0.05) is 44.0 Å². The minimum atomic E-state index is -1.02. The number of hydrogen-bond acceptors (Lipinski definition) is 2. The van der Waals surface area contributed by atoms with Gasteiger partial charge in [0.1, 0.15) is 5.72 Å². The van der Waals surface area contributed by atoms with Crippen LogP contribution in [0.2, 0.25) is 0 Å². The predicted octanol–water partition coefficient (Wildman–Crippen LogP) is 3.33. The van der Waals surface area contributed by atoms with Crippen LogP contribution in [0, 0.1) is 0 Å². The van der Waals surface area contributed by atoms with Crippen molar-refractivity contribution in [2.75, 3.05) is 0 Å². The smallest absolute Gasteiger partial charge is 0.258 e. The molecule has 5 heteroatoms. The summed E-state index contributed by atoms with van der Waals surface area (Å²) in [6.07, 6.45) is 2.43. The molecule has 1 heterocycles. The van der Waals surface area contributed by atoms with Crippen LogP contribution in [0.3, 0.4) is 0 Å². The highest BCUT2D eigenvalue weighted by Gasteiger charge is 2.51. The van der Waals surface area contributed by atoms with Crippen molar-refractivity contribution in [1.29, 1.82) is 0 Å². The summed E-state index contributed by atoms with van der Waals surface area (Å²) in [6.45, 7) is 8.09. The van der Waals surface area contributed by atoms with Crippen molar-refractivity contribution in [3.63, 3.8) is 0 Å². The number of alkyl halides is 2. The van der Waals surface area contributed by atoms with Crippen molar-refractivity contribution >= 4 is 29.1 Å². The van der Waals surface area contributed by atoms with Crippen molar-refractivity contribution in [3.8, 4) is 0 Å². The molecule has 2 unspecified atom stereocenters. The average molecular weight is 282 g/mol. The Labute approximate surface area is 113 Å². The average Bonchev–Trinajstić information content (AvgIpc) is 2.61. The van der Waals surface area contributed by atoms with Gasteiger partial charge in [0.2, 0.25) is 0 Å². The van der Waals surface area contributed by atoms with Crippen LogP contribution in [0.1, 0.15) is 47.0 Å². The molecule has 1 fully saturated rings. The summed E-state index contributed by atoms with van der Waals surface area (Å²) in [5.74, 6) is -0.250. The van der Waals surface area contributed by atoms with E-state index in [-0.39, 0.29) is 18.1 Å². The third kappa shape index (κ3) is 2.56. The third-order valence-electron chi connectivity index (χ3n) is 3.69. The third-order valence-corrected chi connectivity index (χ3v) is 4.06. The van der Waals surface area contributed by atoms with Crippen molar-refractivity contribution < 1.29 is 9.53 Å². The summed E-state index contributed by atoms with van der Waals surface area (Å²) < 4.78 is 6.08. The fraction of sp³-hybridized carbons (Fsp3) is 0.917. The summed E-state index contributed by atoms with van der Waals surface area (Å²) in [5, 5.41) is 0. The van der Waals surface area contributed by atoms with Crippen LogP contribution in [0.5, 0.6) is 0 Å². The normalized spacial score (nSPS) is 27.8. The largest absolute Gasteiger partial charge is 0.350 e. The molecule has 0 aromatic heterocycles. The van der Waals surface area contributed by atoms with E-state index >= 15 is 0 Å². The van der Waals surface area contributed by atoms with Gasteiger partial charge in [-0.25, -0.2) is 0 Å². The molecule has 1 amide bonds. The molecule has 0 aromatic carbocycles. The van der Waals surface area contributed by atoms with Gasteiger partial charge in [-0.15, -0.1) is 0 Å². The van der Waals surface area contributed by atoms with Gasteiger partial charge in [0.25, 0.3) is 5.91 Å². The Balaban J connectivity index is 3.07. The highest BCUT2D eigenvalue weighted by Crippen LogP contribution is 2.39. The lowest BCUT2D eigenvalue weighted by atomic mass is 10.0. The Bertz CT molecular complexity index is 280. The summed E-state index contributed by atoms with van der Waals surface area (Å²) >= 11 is 11.4. The monoisotopic (exact) mass is 281 g/mol. The zero-order chi connectivity index (χ0) is 13.2. The van der Waals surface area contributed by atoms with E-state index in [4.69, 9.17) is 27.9 Å². The van der Waals surface area contributed by atoms with Crippen LogP contribution in [0.4, 0.5) is 0 Å². The first-order chi connectivity index (χ1) is 7.93. The van der Waals surface area contributed by atoms with Gasteiger partial charge in [-0.05, 0) is 26.2 Å². The number of amides is 1. The Morgan fingerprint density at radius 1 is 1.35 bits per heavy atom. The number of carbonyl (C=O) groups excluding carboxylic acids is 1. The molecule has 0 aliphatic carbocycles. The number of hydrogen-bond donors (Lipinski definition) is 0. The second-order valence-corrected chi connectivity index (χ2v) is 5.56. The maximum absolute atomic E-state index is 12.1. The van der Waals surface area contributed by atoms with E-state index < -0.39 is 10.6 Å². The highest BCUT2D eigenvalue weighted by atomic mass is 35.5. The highest BCUT2D eigenvalue weighted by molar-refractivity contribution is 6.53. The minimum Gasteiger partial charge on any atom is -0.350 e. The van der Waals surface area contributed by atoms with Gasteiger partial charge in [-0.2, -0.15) is 0 Å². The van der Waals surface area contributed by atoms with E-state index in [0.29, 0.717) is 0 Å². The summed E-state index contributed by atoms with van der Waals surface area (Å²) in [4.78, 5) is 12.9. The van der Waals surface area contributed by atoms with Crippen LogP contribution < -0.4 is 0 Å². The SMILES string of the molecule is CCC1OC(CC)(CC)N(C(=O)C(Cl)Cl)C1C. The number of ether oxygens (including phenoxy) is 1. The quantitative estimate of drug-likeness (QED) is 0.740. The standard InChI is InChI=1S/C12H21Cl2NO2/c1-5-9-8(4)15(11(16)10(13)14)12(6-2,7-3)17-9/h8-10H,5-7H2,1-4H3. The molecule has 0 aromatic rings. The molecule has 0 saturated carbocycles. The van der Waals surface area contributed by atoms with Gasteiger partial charge >= 0.3 is 0 Å². The molecule has 1 aliphatic rings. The number of nitrogens with zero attached hydrogens (tertiary/aromatic N) is 1. The number of halogens is 2. The van der Waals surface area contributed by atoms with Gasteiger partial charge in [0, 0.05) is 0 Å². The molecule has 17 heavy (non-hydrogen) atoms. The Morgan fingerprint density at radius 2 is 1.88 bits per heavy atom. The van der Waals surface area contributed by atoms with Crippen molar-refractivity contribution in [2.24, 2.45) is 0 Å². The van der Waals surface area contributed by atoms with E-state index in [1.165, 1.54) is 0 Å². The molecule has 2 atom stereocenters. The lowest BCUT2D eigenvalue weighted by Crippen LogP contribution is -2.52. The second kappa shape index (κ2) is 5.77. The lowest BCUT2D eigenvalue weighted by Gasteiger charge is -2.37. The molecule has 0 N–H and O–H groups in total. The summed E-state index contributed by atoms with van der Waals surface area (Å²) in [5.41, 5.74) is -0.542. The van der Waals surface area contributed by atoms with E-state index in [2.05, 4.69) is 6.92 Å². The Hall–Kier alpha value is 0.01000. The molecule has 3 nitrogen and oxygen atoms in total. The first-order valence-corrected chi connectivity index (χ1v) is 7.09. The molecule has 1 rings (SSSR count). The number of carbonyl (C=O) groups is 1. The maximum atomic E-state index is 12.1. The minimum absolute atomic E-state index is 0.0207. The predicted molar refractivity (Wildman–Crippen MR) is 70.3 cm³/mol. The first kappa shape index (κ1) is 15.1. The van der Waals surface area contributed by atoms with Crippen molar-refractivity contribution in [1.82, 2.24) is 4.90 Å². The summed E-state index contributed by atoms with van der Waals surface area (Å²) in [7, 11) is 0. The van der Waals surface area contributed by atoms with Crippen LogP contribution in [-0.2, 0) is 9.53 Å². The first-order valence-electron chi connectivity index (χ1n) is 6.22. The van der Waals surface area contributed by atoms with Crippen molar-refractivity contribution in [2.45, 2.75) is 69.7 Å². The van der Waals surface area contributed by atoms with E-state index in [1.54, 1.807) is 4.90 Å². The van der Waals surface area contributed by atoms with Crippen LogP contribution >= 0.6 is 23.2 Å². The van der Waals surface area contributed by atoms with Gasteiger partial charge < -0.3 is 9.64 Å². The fourth-order valence-electron chi connectivity index (χ4n) is 2.66. The van der Waals surface area contributed by atoms with Crippen LogP contribution in [-0.4, -0.2) is 33.5 Å². The zero-order valence-corrected chi connectivity index (χ0v) is 12.4. The Kier molecular flexibility index (Phi) is 5.11. The van der Waals surface area contributed by atoms with Crippen molar-refractivity contribution in [3.05, 3.63) is 0 Å². The second-order valence-electron chi connectivity index (χ2n) is 4.47. The summed E-state index contributed by atoms with van der Waals surface area (Å²) in [6, 6.07) is 0.0207. The van der Waals surface area contributed by atoms with Gasteiger partial charge in [-0.3, -0.25) is 4.79 Å². The molecule has 0 bridgehead atoms. The molecule has 0 spiro atoms. The molecule has 100 valence electrons. The zero-order valence-electron chi connectivity index (χ0n) is 10.9. The van der Waals surface area contributed by atoms with Crippen LogP contribution in [0.15, 0.2) is 0 Å². The molecular formula is C12H21Cl2NO2. The number of rotatable bonds is 4. The molecule has 0 radical (unpaired) electrons. The molecule has 1 saturated heterocycles. The van der Waals surface area contributed by atoms with Gasteiger partial charge in [0.15, 0.2) is 4.84 Å². The lowest BCUT2D eigenvalue weighted by molar-refractivity contribution is -0.153. The van der Waals surface area contributed by atoms with E-state index in [1.807, 2.05) is 20.8 Å². The maximum Gasteiger partial charge on any atom is 0.258 e. The topological polar surface area (TPSA) is 29.5 Å². The molecular weight excluding hydrogens is 261 g/mol.